The first-order valence-corrected chi connectivity index (χ1v) is 6.48. The van der Waals surface area contributed by atoms with E-state index < -0.39 is 0 Å². The van der Waals surface area contributed by atoms with Crippen LogP contribution in [0.5, 0.6) is 5.88 Å². The molecule has 0 saturated heterocycles. The molecule has 96 valence electrons. The number of hydrogen-bond donors (Lipinski definition) is 1. The summed E-state index contributed by atoms with van der Waals surface area (Å²) in [5, 5.41) is 15.1. The van der Waals surface area contributed by atoms with Gasteiger partial charge < -0.3 is 5.11 Å². The Morgan fingerprint density at radius 3 is 2.72 bits per heavy atom. The normalized spacial score (nSPS) is 10.8. The molecule has 4 heteroatoms. The van der Waals surface area contributed by atoms with E-state index in [1.807, 2.05) is 24.3 Å². The molecule has 18 heavy (non-hydrogen) atoms. The second kappa shape index (κ2) is 5.44. The topological polar surface area (TPSA) is 38.0 Å². The van der Waals surface area contributed by atoms with E-state index in [0.717, 1.165) is 34.7 Å². The molecule has 0 atom stereocenters. The number of benzene rings is 1. The van der Waals surface area contributed by atoms with Crippen molar-refractivity contribution >= 4 is 11.6 Å². The van der Waals surface area contributed by atoms with Gasteiger partial charge in [0.2, 0.25) is 5.88 Å². The van der Waals surface area contributed by atoms with Gasteiger partial charge >= 0.3 is 0 Å². The van der Waals surface area contributed by atoms with Crippen LogP contribution in [-0.2, 0) is 19.9 Å². The molecule has 1 aromatic heterocycles. The van der Waals surface area contributed by atoms with Gasteiger partial charge in [-0.2, -0.15) is 5.10 Å². The molecule has 0 aliphatic heterocycles. The zero-order valence-corrected chi connectivity index (χ0v) is 11.4. The highest BCUT2D eigenvalue weighted by Crippen LogP contribution is 2.27. The fourth-order valence-corrected chi connectivity index (χ4v) is 2.27. The summed E-state index contributed by atoms with van der Waals surface area (Å²) in [6, 6.07) is 7.70. The fourth-order valence-electron chi connectivity index (χ4n) is 2.06. The third-order valence-electron chi connectivity index (χ3n) is 3.01. The number of nitrogens with zero attached hydrogens (tertiary/aromatic N) is 2. The van der Waals surface area contributed by atoms with Crippen LogP contribution in [0.4, 0.5) is 0 Å². The predicted molar refractivity (Wildman–Crippen MR) is 73.1 cm³/mol. The molecule has 1 heterocycles. The van der Waals surface area contributed by atoms with Gasteiger partial charge in [-0.15, -0.1) is 0 Å². The molecule has 0 spiro atoms. The molecule has 0 fully saturated rings. The third kappa shape index (κ3) is 2.51. The van der Waals surface area contributed by atoms with E-state index in [1.165, 1.54) is 4.68 Å². The van der Waals surface area contributed by atoms with Crippen LogP contribution in [0.15, 0.2) is 24.3 Å². The lowest BCUT2D eigenvalue weighted by Gasteiger charge is -2.05. The zero-order chi connectivity index (χ0) is 13.1. The molecule has 0 bridgehead atoms. The van der Waals surface area contributed by atoms with Gasteiger partial charge in [0, 0.05) is 24.1 Å². The first-order chi connectivity index (χ1) is 8.63. The fraction of sp³-hybridized carbons (Fsp3) is 0.357. The Bertz CT molecular complexity index is 549. The third-order valence-corrected chi connectivity index (χ3v) is 3.38. The first kappa shape index (κ1) is 13.0. The lowest BCUT2D eigenvalue weighted by molar-refractivity contribution is 0.415. The van der Waals surface area contributed by atoms with E-state index in [9.17, 15) is 5.11 Å². The summed E-state index contributed by atoms with van der Waals surface area (Å²) in [6.45, 7) is 2.10. The maximum atomic E-state index is 10.1. The highest BCUT2D eigenvalue weighted by atomic mass is 35.5. The summed E-state index contributed by atoms with van der Waals surface area (Å²) < 4.78 is 1.52. The van der Waals surface area contributed by atoms with Gasteiger partial charge in [-0.25, -0.2) is 4.68 Å². The molecular weight excluding hydrogens is 248 g/mol. The minimum Gasteiger partial charge on any atom is -0.493 e. The van der Waals surface area contributed by atoms with Crippen molar-refractivity contribution in [2.45, 2.75) is 26.2 Å². The average Bonchev–Trinajstić information content (AvgIpc) is 2.60. The van der Waals surface area contributed by atoms with Crippen molar-refractivity contribution < 1.29 is 5.11 Å². The smallest absolute Gasteiger partial charge is 0.212 e. The second-order valence-corrected chi connectivity index (χ2v) is 4.80. The van der Waals surface area contributed by atoms with Gasteiger partial charge in [-0.3, -0.25) is 0 Å². The standard InChI is InChI=1S/C14H17ClN2O/c1-3-6-13-11(14(18)17(2)16-13)9-10-7-4-5-8-12(10)15/h4-5,7-8,18H,3,6,9H2,1-2H3. The highest BCUT2D eigenvalue weighted by Gasteiger charge is 2.16. The van der Waals surface area contributed by atoms with Crippen molar-refractivity contribution in [3.63, 3.8) is 0 Å². The number of aromatic hydroxyl groups is 1. The molecule has 0 aliphatic rings. The Morgan fingerprint density at radius 2 is 2.06 bits per heavy atom. The number of halogens is 1. The predicted octanol–water partition coefficient (Wildman–Crippen LogP) is 3.32. The molecule has 3 nitrogen and oxygen atoms in total. The van der Waals surface area contributed by atoms with Crippen LogP contribution in [-0.4, -0.2) is 14.9 Å². The van der Waals surface area contributed by atoms with Crippen LogP contribution < -0.4 is 0 Å². The molecule has 0 unspecified atom stereocenters. The van der Waals surface area contributed by atoms with Crippen molar-refractivity contribution in [1.82, 2.24) is 9.78 Å². The van der Waals surface area contributed by atoms with Crippen molar-refractivity contribution in [1.29, 1.82) is 0 Å². The van der Waals surface area contributed by atoms with Crippen LogP contribution in [0.25, 0.3) is 0 Å². The van der Waals surface area contributed by atoms with Crippen molar-refractivity contribution in [3.05, 3.63) is 46.1 Å². The molecule has 0 radical (unpaired) electrons. The van der Waals surface area contributed by atoms with Crippen LogP contribution in [0.2, 0.25) is 5.02 Å². The summed E-state index contributed by atoms with van der Waals surface area (Å²) in [7, 11) is 1.75. The Morgan fingerprint density at radius 1 is 1.33 bits per heavy atom. The van der Waals surface area contributed by atoms with Crippen LogP contribution in [0, 0.1) is 0 Å². The molecule has 0 amide bonds. The van der Waals surface area contributed by atoms with Gasteiger partial charge in [-0.1, -0.05) is 43.1 Å². The lowest BCUT2D eigenvalue weighted by Crippen LogP contribution is -1.94. The molecule has 2 rings (SSSR count). The van der Waals surface area contributed by atoms with E-state index in [0.29, 0.717) is 6.42 Å². The molecule has 0 aliphatic carbocycles. The number of rotatable bonds is 4. The average molecular weight is 265 g/mol. The number of hydrogen-bond acceptors (Lipinski definition) is 2. The Balaban J connectivity index is 2.36. The van der Waals surface area contributed by atoms with E-state index in [-0.39, 0.29) is 5.88 Å². The molecule has 1 aromatic carbocycles. The summed E-state index contributed by atoms with van der Waals surface area (Å²) in [6.07, 6.45) is 2.49. The van der Waals surface area contributed by atoms with E-state index in [1.54, 1.807) is 7.05 Å². The molecule has 0 saturated carbocycles. The quantitative estimate of drug-likeness (QED) is 0.920. The second-order valence-electron chi connectivity index (χ2n) is 4.39. The van der Waals surface area contributed by atoms with E-state index >= 15 is 0 Å². The van der Waals surface area contributed by atoms with Gasteiger partial charge in [0.1, 0.15) is 0 Å². The van der Waals surface area contributed by atoms with Gasteiger partial charge in [0.25, 0.3) is 0 Å². The Kier molecular flexibility index (Phi) is 3.92. The highest BCUT2D eigenvalue weighted by molar-refractivity contribution is 6.31. The largest absolute Gasteiger partial charge is 0.493 e. The van der Waals surface area contributed by atoms with Crippen LogP contribution >= 0.6 is 11.6 Å². The van der Waals surface area contributed by atoms with Crippen LogP contribution in [0.1, 0.15) is 30.2 Å². The Labute approximate surface area is 112 Å². The number of aromatic nitrogens is 2. The van der Waals surface area contributed by atoms with Crippen LogP contribution in [0.3, 0.4) is 0 Å². The summed E-state index contributed by atoms with van der Waals surface area (Å²) >= 11 is 6.15. The number of aryl methyl sites for hydroxylation is 2. The summed E-state index contributed by atoms with van der Waals surface area (Å²) in [5.74, 6) is 0.235. The maximum Gasteiger partial charge on any atom is 0.212 e. The zero-order valence-electron chi connectivity index (χ0n) is 10.7. The van der Waals surface area contributed by atoms with Gasteiger partial charge in [0.05, 0.1) is 5.69 Å². The lowest BCUT2D eigenvalue weighted by atomic mass is 10.0. The summed E-state index contributed by atoms with van der Waals surface area (Å²) in [4.78, 5) is 0. The monoisotopic (exact) mass is 264 g/mol. The molecule has 2 aromatic rings. The van der Waals surface area contributed by atoms with E-state index in [4.69, 9.17) is 11.6 Å². The van der Waals surface area contributed by atoms with Crippen molar-refractivity contribution in [3.8, 4) is 5.88 Å². The van der Waals surface area contributed by atoms with Gasteiger partial charge in [0.15, 0.2) is 0 Å². The van der Waals surface area contributed by atoms with Crippen molar-refractivity contribution in [2.24, 2.45) is 7.05 Å². The minimum absolute atomic E-state index is 0.235. The molecule has 1 N–H and O–H groups in total. The first-order valence-electron chi connectivity index (χ1n) is 6.10. The Hall–Kier alpha value is -1.48. The van der Waals surface area contributed by atoms with Gasteiger partial charge in [-0.05, 0) is 18.1 Å². The van der Waals surface area contributed by atoms with E-state index in [2.05, 4.69) is 12.0 Å². The summed E-state index contributed by atoms with van der Waals surface area (Å²) in [5.41, 5.74) is 2.85. The molecular formula is C14H17ClN2O. The van der Waals surface area contributed by atoms with Crippen molar-refractivity contribution in [2.75, 3.05) is 0 Å². The SMILES string of the molecule is CCCc1nn(C)c(O)c1Cc1ccccc1Cl. The maximum absolute atomic E-state index is 10.1. The minimum atomic E-state index is 0.235.